The summed E-state index contributed by atoms with van der Waals surface area (Å²) in [6.45, 7) is 0.998. The van der Waals surface area contributed by atoms with Crippen molar-refractivity contribution in [2.24, 2.45) is 14.1 Å². The van der Waals surface area contributed by atoms with Crippen LogP contribution in [0.5, 0.6) is 0 Å². The van der Waals surface area contributed by atoms with Crippen molar-refractivity contribution < 1.29 is 9.59 Å². The Hall–Kier alpha value is -2.16. The summed E-state index contributed by atoms with van der Waals surface area (Å²) in [7, 11) is 3.03. The molecule has 0 bridgehead atoms. The average molecular weight is 310 g/mol. The summed E-state index contributed by atoms with van der Waals surface area (Å²) < 4.78 is 3.49. The van der Waals surface area contributed by atoms with Crippen LogP contribution < -0.4 is 11.2 Å². The molecule has 2 aromatic heterocycles. The molecule has 0 aliphatic rings. The van der Waals surface area contributed by atoms with Gasteiger partial charge in [-0.1, -0.05) is 0 Å². The lowest BCUT2D eigenvalue weighted by Crippen LogP contribution is -2.40. The van der Waals surface area contributed by atoms with Gasteiger partial charge in [-0.15, -0.1) is 12.6 Å². The van der Waals surface area contributed by atoms with Crippen LogP contribution in [0.4, 0.5) is 0 Å². The van der Waals surface area contributed by atoms with E-state index in [0.717, 1.165) is 4.57 Å². The van der Waals surface area contributed by atoms with E-state index in [-0.39, 0.29) is 29.9 Å². The SMILES string of the molecule is CC(=O)Cn1c(=O)c2c(nc(CC(=O)S)n2C)n(C)c1=O. The Bertz CT molecular complexity index is 874. The molecule has 2 rings (SSSR count). The Morgan fingerprint density at radius 3 is 2.33 bits per heavy atom. The van der Waals surface area contributed by atoms with Gasteiger partial charge in [0.25, 0.3) is 5.56 Å². The van der Waals surface area contributed by atoms with E-state index in [0.29, 0.717) is 5.82 Å². The highest BCUT2D eigenvalue weighted by Crippen LogP contribution is 2.10. The number of aryl methyl sites for hydroxylation is 2. The number of carbonyl (C=O) groups excluding carboxylic acids is 2. The summed E-state index contributed by atoms with van der Waals surface area (Å²) in [6.07, 6.45) is -0.0609. The van der Waals surface area contributed by atoms with E-state index in [1.165, 1.54) is 23.1 Å². The molecule has 112 valence electrons. The van der Waals surface area contributed by atoms with Crippen LogP contribution in [-0.4, -0.2) is 29.6 Å². The fourth-order valence-corrected chi connectivity index (χ4v) is 2.29. The molecule has 8 nitrogen and oxygen atoms in total. The van der Waals surface area contributed by atoms with E-state index >= 15 is 0 Å². The molecule has 0 amide bonds. The van der Waals surface area contributed by atoms with Gasteiger partial charge in [-0.2, -0.15) is 0 Å². The zero-order valence-corrected chi connectivity index (χ0v) is 12.7. The third-order valence-electron chi connectivity index (χ3n) is 3.14. The van der Waals surface area contributed by atoms with E-state index in [9.17, 15) is 19.2 Å². The summed E-state index contributed by atoms with van der Waals surface area (Å²) in [4.78, 5) is 51.0. The van der Waals surface area contributed by atoms with Gasteiger partial charge in [0.15, 0.2) is 16.3 Å². The maximum Gasteiger partial charge on any atom is 0.332 e. The number of nitrogens with zero attached hydrogens (tertiary/aromatic N) is 4. The van der Waals surface area contributed by atoms with E-state index in [1.54, 1.807) is 7.05 Å². The minimum Gasteiger partial charge on any atom is -0.325 e. The number of fused-ring (bicyclic) bond motifs is 1. The van der Waals surface area contributed by atoms with Gasteiger partial charge in [0, 0.05) is 14.1 Å². The van der Waals surface area contributed by atoms with Gasteiger partial charge in [-0.25, -0.2) is 9.78 Å². The predicted octanol–water partition coefficient (Wildman–Crippen LogP) is -0.978. The second-order valence-corrected chi connectivity index (χ2v) is 5.26. The number of hydrogen-bond acceptors (Lipinski definition) is 5. The van der Waals surface area contributed by atoms with Crippen molar-refractivity contribution in [3.05, 3.63) is 26.7 Å². The molecular weight excluding hydrogens is 296 g/mol. The molecule has 0 aliphatic heterocycles. The van der Waals surface area contributed by atoms with Gasteiger partial charge in [0.2, 0.25) is 0 Å². The van der Waals surface area contributed by atoms with E-state index in [1.807, 2.05) is 0 Å². The Morgan fingerprint density at radius 2 is 1.81 bits per heavy atom. The van der Waals surface area contributed by atoms with Crippen LogP contribution in [0.2, 0.25) is 0 Å². The van der Waals surface area contributed by atoms with Gasteiger partial charge in [-0.3, -0.25) is 23.5 Å². The molecule has 2 aromatic rings. The van der Waals surface area contributed by atoms with E-state index < -0.39 is 16.4 Å². The molecule has 2 heterocycles. The molecule has 0 spiro atoms. The number of rotatable bonds is 4. The molecule has 0 N–H and O–H groups in total. The zero-order chi connectivity index (χ0) is 15.9. The Labute approximate surface area is 124 Å². The summed E-state index contributed by atoms with van der Waals surface area (Å²) in [5, 5.41) is -0.400. The molecule has 0 saturated carbocycles. The molecule has 0 saturated heterocycles. The number of thiol groups is 1. The summed E-state index contributed by atoms with van der Waals surface area (Å²) in [5.41, 5.74) is -0.875. The van der Waals surface area contributed by atoms with Crippen LogP contribution in [0.25, 0.3) is 11.2 Å². The largest absolute Gasteiger partial charge is 0.332 e. The van der Waals surface area contributed by atoms with Crippen LogP contribution in [0, 0.1) is 0 Å². The lowest BCUT2D eigenvalue weighted by molar-refractivity contribution is -0.117. The zero-order valence-electron chi connectivity index (χ0n) is 11.8. The first-order valence-electron chi connectivity index (χ1n) is 6.10. The first-order valence-corrected chi connectivity index (χ1v) is 6.55. The first kappa shape index (κ1) is 15.2. The van der Waals surface area contributed by atoms with E-state index in [4.69, 9.17) is 0 Å². The van der Waals surface area contributed by atoms with Crippen molar-refractivity contribution in [3.63, 3.8) is 0 Å². The molecule has 0 aromatic carbocycles. The standard InChI is InChI=1S/C12H14N4O4S/c1-6(17)5-16-11(19)9-10(15(3)12(16)20)13-7(14(9)2)4-8(18)21/h4-5H2,1-3H3,(H,18,21). The quantitative estimate of drug-likeness (QED) is 0.732. The Balaban J connectivity index is 2.86. The molecule has 0 atom stereocenters. The van der Waals surface area contributed by atoms with Gasteiger partial charge >= 0.3 is 5.69 Å². The van der Waals surface area contributed by atoms with Crippen molar-refractivity contribution in [3.8, 4) is 0 Å². The molecule has 0 unspecified atom stereocenters. The Kier molecular flexibility index (Phi) is 3.86. The second kappa shape index (κ2) is 5.32. The third kappa shape index (κ3) is 2.56. The molecular formula is C12H14N4O4S. The van der Waals surface area contributed by atoms with Crippen LogP contribution in [0.3, 0.4) is 0 Å². The molecule has 21 heavy (non-hydrogen) atoms. The summed E-state index contributed by atoms with van der Waals surface area (Å²) >= 11 is 3.69. The fraction of sp³-hybridized carbons (Fsp3) is 0.417. The van der Waals surface area contributed by atoms with Crippen LogP contribution in [-0.2, 0) is 36.6 Å². The smallest absolute Gasteiger partial charge is 0.325 e. The second-order valence-electron chi connectivity index (χ2n) is 4.76. The van der Waals surface area contributed by atoms with Gasteiger partial charge in [0.1, 0.15) is 11.6 Å². The van der Waals surface area contributed by atoms with E-state index in [2.05, 4.69) is 17.6 Å². The lowest BCUT2D eigenvalue weighted by atomic mass is 10.4. The predicted molar refractivity (Wildman–Crippen MR) is 78.6 cm³/mol. The number of ketones is 1. The lowest BCUT2D eigenvalue weighted by Gasteiger charge is -2.06. The number of hydrogen-bond donors (Lipinski definition) is 1. The van der Waals surface area contributed by atoms with Crippen molar-refractivity contribution in [2.75, 3.05) is 0 Å². The molecule has 0 radical (unpaired) electrons. The number of carbonyl (C=O) groups is 2. The maximum atomic E-state index is 12.4. The van der Waals surface area contributed by atoms with Gasteiger partial charge in [0.05, 0.1) is 13.0 Å². The van der Waals surface area contributed by atoms with Crippen molar-refractivity contribution in [1.82, 2.24) is 18.7 Å². The minimum absolute atomic E-state index is 0.0609. The topological polar surface area (TPSA) is 96.0 Å². The number of imidazole rings is 1. The van der Waals surface area contributed by atoms with Crippen LogP contribution in [0.15, 0.2) is 9.59 Å². The normalized spacial score (nSPS) is 11.0. The minimum atomic E-state index is -0.621. The van der Waals surface area contributed by atoms with Crippen molar-refractivity contribution >= 4 is 34.7 Å². The van der Waals surface area contributed by atoms with Gasteiger partial charge in [-0.05, 0) is 6.92 Å². The summed E-state index contributed by atoms with van der Waals surface area (Å²) in [6, 6.07) is 0. The Morgan fingerprint density at radius 1 is 1.19 bits per heavy atom. The van der Waals surface area contributed by atoms with Crippen LogP contribution >= 0.6 is 12.6 Å². The van der Waals surface area contributed by atoms with Crippen LogP contribution in [0.1, 0.15) is 12.7 Å². The van der Waals surface area contributed by atoms with Gasteiger partial charge < -0.3 is 4.57 Å². The highest BCUT2D eigenvalue weighted by atomic mass is 32.1. The fourth-order valence-electron chi connectivity index (χ4n) is 2.14. The molecule has 0 aliphatic carbocycles. The van der Waals surface area contributed by atoms with Crippen molar-refractivity contribution in [1.29, 1.82) is 0 Å². The highest BCUT2D eigenvalue weighted by Gasteiger charge is 2.19. The highest BCUT2D eigenvalue weighted by molar-refractivity contribution is 7.96. The number of Topliss-reactive ketones (excluding diaryl/α,β-unsaturated/α-hetero) is 1. The maximum absolute atomic E-state index is 12.4. The monoisotopic (exact) mass is 310 g/mol. The molecule has 9 heteroatoms. The average Bonchev–Trinajstić information content (AvgIpc) is 2.69. The number of aromatic nitrogens is 4. The molecule has 0 fully saturated rings. The third-order valence-corrected chi connectivity index (χ3v) is 3.30. The first-order chi connectivity index (χ1) is 9.73. The summed E-state index contributed by atoms with van der Waals surface area (Å²) in [5.74, 6) is 0.0270. The van der Waals surface area contributed by atoms with Crippen molar-refractivity contribution in [2.45, 2.75) is 19.9 Å².